The third-order valence-electron chi connectivity index (χ3n) is 3.86. The molecule has 0 bridgehead atoms. The molecule has 3 rings (SSSR count). The molecule has 6 heteroatoms. The van der Waals surface area contributed by atoms with Gasteiger partial charge in [0, 0.05) is 25.8 Å². The van der Waals surface area contributed by atoms with Crippen molar-refractivity contribution in [2.24, 2.45) is 5.92 Å². The Morgan fingerprint density at radius 2 is 2.43 bits per heavy atom. The number of thiazole rings is 1. The fraction of sp³-hybridized carbons (Fsp3) is 0.467. The molecule has 112 valence electrons. The van der Waals surface area contributed by atoms with E-state index in [-0.39, 0.29) is 5.91 Å². The summed E-state index contributed by atoms with van der Waals surface area (Å²) in [7, 11) is 1.71. The van der Waals surface area contributed by atoms with Crippen LogP contribution < -0.4 is 5.73 Å². The van der Waals surface area contributed by atoms with E-state index in [0.29, 0.717) is 23.2 Å². The number of piperidine rings is 1. The number of hydrogen-bond acceptors (Lipinski definition) is 5. The number of benzene rings is 1. The zero-order valence-corrected chi connectivity index (χ0v) is 12.9. The van der Waals surface area contributed by atoms with Crippen LogP contribution in [0.3, 0.4) is 0 Å². The second kappa shape index (κ2) is 5.99. The lowest BCUT2D eigenvalue weighted by molar-refractivity contribution is 0.0571. The number of rotatable bonds is 3. The molecule has 2 heterocycles. The second-order valence-electron chi connectivity index (χ2n) is 5.45. The van der Waals surface area contributed by atoms with Gasteiger partial charge in [-0.2, -0.15) is 0 Å². The van der Waals surface area contributed by atoms with Gasteiger partial charge in [-0.1, -0.05) is 11.3 Å². The summed E-state index contributed by atoms with van der Waals surface area (Å²) in [5.74, 6) is 0.528. The maximum atomic E-state index is 12.6. The van der Waals surface area contributed by atoms with E-state index in [0.717, 1.165) is 36.1 Å². The Kier molecular flexibility index (Phi) is 4.07. The Bertz CT molecular complexity index is 653. The average Bonchev–Trinajstić information content (AvgIpc) is 2.86. The lowest BCUT2D eigenvalue weighted by Gasteiger charge is -2.32. The fourth-order valence-corrected chi connectivity index (χ4v) is 3.65. The number of nitrogens with two attached hydrogens (primary N) is 1. The van der Waals surface area contributed by atoms with Gasteiger partial charge >= 0.3 is 0 Å². The van der Waals surface area contributed by atoms with E-state index in [4.69, 9.17) is 10.5 Å². The van der Waals surface area contributed by atoms with Crippen LogP contribution in [-0.2, 0) is 4.74 Å². The molecule has 2 N–H and O–H groups in total. The van der Waals surface area contributed by atoms with Gasteiger partial charge in [0.2, 0.25) is 0 Å². The van der Waals surface area contributed by atoms with Crippen molar-refractivity contribution in [1.82, 2.24) is 9.88 Å². The SMILES string of the molecule is COCC1CCCN(C(=O)c2ccc3nc(N)sc3c2)C1. The number of aromatic nitrogens is 1. The van der Waals surface area contributed by atoms with Gasteiger partial charge in [0.1, 0.15) is 0 Å². The number of likely N-dealkylation sites (tertiary alicyclic amines) is 1. The second-order valence-corrected chi connectivity index (χ2v) is 6.51. The van der Waals surface area contributed by atoms with E-state index in [1.165, 1.54) is 11.3 Å². The fourth-order valence-electron chi connectivity index (χ4n) is 2.88. The summed E-state index contributed by atoms with van der Waals surface area (Å²) in [5.41, 5.74) is 7.27. The highest BCUT2D eigenvalue weighted by atomic mass is 32.1. The number of fused-ring (bicyclic) bond motifs is 1. The Hall–Kier alpha value is -1.66. The Morgan fingerprint density at radius 1 is 1.57 bits per heavy atom. The number of nitrogens with zero attached hydrogens (tertiary/aromatic N) is 2. The van der Waals surface area contributed by atoms with Gasteiger partial charge in [0.15, 0.2) is 5.13 Å². The summed E-state index contributed by atoms with van der Waals surface area (Å²) in [6.45, 7) is 2.31. The van der Waals surface area contributed by atoms with E-state index >= 15 is 0 Å². The molecule has 1 saturated heterocycles. The molecular formula is C15H19N3O2S. The normalized spacial score (nSPS) is 19.1. The van der Waals surface area contributed by atoms with Crippen LogP contribution in [0.15, 0.2) is 18.2 Å². The Balaban J connectivity index is 1.79. The smallest absolute Gasteiger partial charge is 0.253 e. The van der Waals surface area contributed by atoms with Crippen LogP contribution in [0.2, 0.25) is 0 Å². The highest BCUT2D eigenvalue weighted by molar-refractivity contribution is 7.22. The Morgan fingerprint density at radius 3 is 3.24 bits per heavy atom. The summed E-state index contributed by atoms with van der Waals surface area (Å²) >= 11 is 1.41. The van der Waals surface area contributed by atoms with Crippen LogP contribution in [0.5, 0.6) is 0 Å². The van der Waals surface area contributed by atoms with Crippen molar-refractivity contribution in [3.05, 3.63) is 23.8 Å². The number of carbonyl (C=O) groups is 1. The molecule has 0 radical (unpaired) electrons. The topological polar surface area (TPSA) is 68.5 Å². The number of ether oxygens (including phenoxy) is 1. The van der Waals surface area contributed by atoms with Crippen LogP contribution in [-0.4, -0.2) is 42.6 Å². The monoisotopic (exact) mass is 305 g/mol. The summed E-state index contributed by atoms with van der Waals surface area (Å²) in [4.78, 5) is 18.8. The minimum atomic E-state index is 0.0877. The van der Waals surface area contributed by atoms with E-state index in [1.54, 1.807) is 7.11 Å². The van der Waals surface area contributed by atoms with Crippen LogP contribution in [0.25, 0.3) is 10.2 Å². The van der Waals surface area contributed by atoms with Gasteiger partial charge in [0.25, 0.3) is 5.91 Å². The minimum absolute atomic E-state index is 0.0877. The largest absolute Gasteiger partial charge is 0.384 e. The Labute approximate surface area is 127 Å². The first kappa shape index (κ1) is 14.3. The number of nitrogen functional groups attached to an aromatic ring is 1. The molecule has 5 nitrogen and oxygen atoms in total. The van der Waals surface area contributed by atoms with Gasteiger partial charge in [-0.3, -0.25) is 4.79 Å². The average molecular weight is 305 g/mol. The van der Waals surface area contributed by atoms with Crippen LogP contribution in [0, 0.1) is 5.92 Å². The molecule has 0 spiro atoms. The minimum Gasteiger partial charge on any atom is -0.384 e. The van der Waals surface area contributed by atoms with Crippen molar-refractivity contribution in [3.63, 3.8) is 0 Å². The van der Waals surface area contributed by atoms with Crippen LogP contribution in [0.1, 0.15) is 23.2 Å². The van der Waals surface area contributed by atoms with E-state index < -0.39 is 0 Å². The molecule has 1 fully saturated rings. The maximum absolute atomic E-state index is 12.6. The van der Waals surface area contributed by atoms with Gasteiger partial charge in [0.05, 0.1) is 16.8 Å². The molecule has 1 aromatic carbocycles. The first-order valence-electron chi connectivity index (χ1n) is 7.11. The lowest BCUT2D eigenvalue weighted by Crippen LogP contribution is -2.41. The lowest BCUT2D eigenvalue weighted by atomic mass is 9.98. The van der Waals surface area contributed by atoms with Gasteiger partial charge in [-0.25, -0.2) is 4.98 Å². The molecule has 1 amide bonds. The zero-order chi connectivity index (χ0) is 14.8. The van der Waals surface area contributed by atoms with Crippen molar-refractivity contribution in [1.29, 1.82) is 0 Å². The van der Waals surface area contributed by atoms with Gasteiger partial charge < -0.3 is 15.4 Å². The third kappa shape index (κ3) is 3.01. The number of carbonyl (C=O) groups excluding carboxylic acids is 1. The molecule has 1 aromatic heterocycles. The van der Waals surface area contributed by atoms with Crippen molar-refractivity contribution in [2.45, 2.75) is 12.8 Å². The highest BCUT2D eigenvalue weighted by Crippen LogP contribution is 2.26. The molecule has 1 atom stereocenters. The van der Waals surface area contributed by atoms with Gasteiger partial charge in [-0.15, -0.1) is 0 Å². The quantitative estimate of drug-likeness (QED) is 0.945. The molecule has 21 heavy (non-hydrogen) atoms. The molecule has 1 aliphatic rings. The van der Waals surface area contributed by atoms with Crippen molar-refractivity contribution in [2.75, 3.05) is 32.5 Å². The molecular weight excluding hydrogens is 286 g/mol. The highest BCUT2D eigenvalue weighted by Gasteiger charge is 2.24. The number of hydrogen-bond donors (Lipinski definition) is 1. The van der Waals surface area contributed by atoms with Gasteiger partial charge in [-0.05, 0) is 37.0 Å². The van der Waals surface area contributed by atoms with Crippen molar-refractivity contribution < 1.29 is 9.53 Å². The summed E-state index contributed by atoms with van der Waals surface area (Å²) in [5, 5.41) is 0.535. The number of anilines is 1. The molecule has 1 unspecified atom stereocenters. The van der Waals surface area contributed by atoms with Crippen LogP contribution in [0.4, 0.5) is 5.13 Å². The summed E-state index contributed by atoms with van der Waals surface area (Å²) in [6, 6.07) is 5.60. The summed E-state index contributed by atoms with van der Waals surface area (Å²) < 4.78 is 6.18. The molecule has 1 aliphatic heterocycles. The van der Waals surface area contributed by atoms with E-state index in [9.17, 15) is 4.79 Å². The number of amides is 1. The summed E-state index contributed by atoms with van der Waals surface area (Å²) in [6.07, 6.45) is 2.16. The predicted molar refractivity (Wildman–Crippen MR) is 84.5 cm³/mol. The molecule has 0 saturated carbocycles. The third-order valence-corrected chi connectivity index (χ3v) is 4.71. The predicted octanol–water partition coefficient (Wildman–Crippen LogP) is 2.38. The van der Waals surface area contributed by atoms with Crippen molar-refractivity contribution in [3.8, 4) is 0 Å². The number of methoxy groups -OCH3 is 1. The molecule has 0 aliphatic carbocycles. The first-order valence-corrected chi connectivity index (χ1v) is 7.93. The molecule has 2 aromatic rings. The van der Waals surface area contributed by atoms with E-state index in [2.05, 4.69) is 4.98 Å². The van der Waals surface area contributed by atoms with E-state index in [1.807, 2.05) is 23.1 Å². The standard InChI is InChI=1S/C15H19N3O2S/c1-20-9-10-3-2-6-18(8-10)14(19)11-4-5-12-13(7-11)21-15(16)17-12/h4-5,7,10H,2-3,6,8-9H2,1H3,(H2,16,17). The maximum Gasteiger partial charge on any atom is 0.253 e. The zero-order valence-electron chi connectivity index (χ0n) is 12.0. The first-order chi connectivity index (χ1) is 10.2. The van der Waals surface area contributed by atoms with Crippen molar-refractivity contribution >= 4 is 32.6 Å². The van der Waals surface area contributed by atoms with Crippen LogP contribution >= 0.6 is 11.3 Å².